The second-order valence-electron chi connectivity index (χ2n) is 4.41. The lowest BCUT2D eigenvalue weighted by atomic mass is 10.2. The van der Waals surface area contributed by atoms with Crippen LogP contribution in [-0.4, -0.2) is 10.5 Å². The maximum atomic E-state index is 11.7. The van der Waals surface area contributed by atoms with Gasteiger partial charge in [-0.3, -0.25) is 9.36 Å². The number of rotatable bonds is 5. The van der Waals surface area contributed by atoms with E-state index < -0.39 is 0 Å². The van der Waals surface area contributed by atoms with E-state index in [4.69, 9.17) is 10.2 Å². The van der Waals surface area contributed by atoms with Crippen molar-refractivity contribution >= 4 is 17.0 Å². The second-order valence-corrected chi connectivity index (χ2v) is 4.41. The maximum absolute atomic E-state index is 11.7. The van der Waals surface area contributed by atoms with Gasteiger partial charge in [0.2, 0.25) is 5.91 Å². The third-order valence-electron chi connectivity index (χ3n) is 2.88. The highest BCUT2D eigenvalue weighted by Gasteiger charge is 2.08. The number of fused-ring (bicyclic) bond motifs is 1. The molecule has 0 aliphatic heterocycles. The molecule has 2 N–H and O–H groups in total. The Balaban J connectivity index is 2.17. The van der Waals surface area contributed by atoms with Crippen LogP contribution in [-0.2, 0) is 11.3 Å². The highest BCUT2D eigenvalue weighted by Crippen LogP contribution is 2.15. The Hall–Kier alpha value is -2.04. The lowest BCUT2D eigenvalue weighted by Gasteiger charge is -2.01. The van der Waals surface area contributed by atoms with Crippen LogP contribution in [0.15, 0.2) is 27.4 Å². The number of amides is 1. The SMILES string of the molecule is Cc1ccc2oc(=O)n(CCCCC(N)=O)c2c1. The zero-order valence-corrected chi connectivity index (χ0v) is 10.3. The number of hydrogen-bond donors (Lipinski definition) is 1. The van der Waals surface area contributed by atoms with Crippen molar-refractivity contribution < 1.29 is 9.21 Å². The first-order valence-electron chi connectivity index (χ1n) is 5.96. The van der Waals surface area contributed by atoms with E-state index in [1.807, 2.05) is 19.1 Å². The van der Waals surface area contributed by atoms with E-state index in [9.17, 15) is 9.59 Å². The zero-order chi connectivity index (χ0) is 13.1. The minimum absolute atomic E-state index is 0.310. The Morgan fingerprint density at radius 1 is 1.39 bits per heavy atom. The van der Waals surface area contributed by atoms with Crippen LogP contribution in [0.2, 0.25) is 0 Å². The molecule has 0 bridgehead atoms. The molecular weight excluding hydrogens is 232 g/mol. The Bertz CT molecular complexity index is 625. The summed E-state index contributed by atoms with van der Waals surface area (Å²) in [6.45, 7) is 2.51. The summed E-state index contributed by atoms with van der Waals surface area (Å²) < 4.78 is 6.75. The smallest absolute Gasteiger partial charge is 0.408 e. The molecule has 0 saturated heterocycles. The Labute approximate surface area is 104 Å². The molecule has 0 saturated carbocycles. The minimum Gasteiger partial charge on any atom is -0.408 e. The van der Waals surface area contributed by atoms with E-state index in [-0.39, 0.29) is 11.7 Å². The van der Waals surface area contributed by atoms with Crippen LogP contribution in [0.5, 0.6) is 0 Å². The van der Waals surface area contributed by atoms with Crippen molar-refractivity contribution in [1.82, 2.24) is 4.57 Å². The van der Waals surface area contributed by atoms with E-state index in [1.165, 1.54) is 0 Å². The average molecular weight is 248 g/mol. The number of unbranched alkanes of at least 4 members (excludes halogenated alkanes) is 1. The number of carbonyl (C=O) groups excluding carboxylic acids is 1. The minimum atomic E-state index is -0.352. The number of nitrogens with zero attached hydrogens (tertiary/aromatic N) is 1. The molecule has 0 fully saturated rings. The van der Waals surface area contributed by atoms with E-state index >= 15 is 0 Å². The first-order valence-corrected chi connectivity index (χ1v) is 5.96. The summed E-state index contributed by atoms with van der Waals surface area (Å²) in [5.41, 5.74) is 7.55. The quantitative estimate of drug-likeness (QED) is 0.815. The molecule has 1 aromatic carbocycles. The molecule has 0 aliphatic carbocycles. The molecule has 2 rings (SSSR count). The van der Waals surface area contributed by atoms with Crippen molar-refractivity contribution in [3.05, 3.63) is 34.3 Å². The van der Waals surface area contributed by atoms with Crippen LogP contribution in [0.25, 0.3) is 11.1 Å². The molecule has 1 amide bonds. The fraction of sp³-hybridized carbons (Fsp3) is 0.385. The van der Waals surface area contributed by atoms with E-state index in [0.29, 0.717) is 25.0 Å². The van der Waals surface area contributed by atoms with Crippen molar-refractivity contribution in [3.63, 3.8) is 0 Å². The standard InChI is InChI=1S/C13H16N2O3/c1-9-5-6-11-10(8-9)15(13(17)18-11)7-3-2-4-12(14)16/h5-6,8H,2-4,7H2,1H3,(H2,14,16). The van der Waals surface area contributed by atoms with Gasteiger partial charge in [-0.05, 0) is 37.5 Å². The first-order chi connectivity index (χ1) is 8.58. The van der Waals surface area contributed by atoms with Gasteiger partial charge in [0.05, 0.1) is 5.52 Å². The Kier molecular flexibility index (Phi) is 3.50. The van der Waals surface area contributed by atoms with E-state index in [0.717, 1.165) is 17.5 Å². The molecule has 96 valence electrons. The number of carbonyl (C=O) groups is 1. The van der Waals surface area contributed by atoms with Gasteiger partial charge < -0.3 is 10.2 Å². The molecule has 0 spiro atoms. The monoisotopic (exact) mass is 248 g/mol. The summed E-state index contributed by atoms with van der Waals surface area (Å²) in [6, 6.07) is 5.63. The maximum Gasteiger partial charge on any atom is 0.419 e. The third-order valence-corrected chi connectivity index (χ3v) is 2.88. The highest BCUT2D eigenvalue weighted by atomic mass is 16.4. The van der Waals surface area contributed by atoms with Crippen molar-refractivity contribution in [3.8, 4) is 0 Å². The predicted molar refractivity (Wildman–Crippen MR) is 68.3 cm³/mol. The van der Waals surface area contributed by atoms with Gasteiger partial charge in [0.25, 0.3) is 0 Å². The zero-order valence-electron chi connectivity index (χ0n) is 10.3. The summed E-state index contributed by atoms with van der Waals surface area (Å²) in [6.07, 6.45) is 1.76. The van der Waals surface area contributed by atoms with E-state index in [1.54, 1.807) is 10.6 Å². The van der Waals surface area contributed by atoms with Crippen LogP contribution in [0.4, 0.5) is 0 Å². The van der Waals surface area contributed by atoms with Crippen LogP contribution in [0, 0.1) is 6.92 Å². The van der Waals surface area contributed by atoms with Gasteiger partial charge in [0.15, 0.2) is 5.58 Å². The van der Waals surface area contributed by atoms with Crippen molar-refractivity contribution in [1.29, 1.82) is 0 Å². The molecule has 2 aromatic rings. The predicted octanol–water partition coefficient (Wildman–Crippen LogP) is 1.56. The molecule has 0 unspecified atom stereocenters. The molecule has 5 nitrogen and oxygen atoms in total. The normalized spacial score (nSPS) is 10.9. The molecule has 5 heteroatoms. The summed E-state index contributed by atoms with van der Waals surface area (Å²) in [4.78, 5) is 22.3. The number of aromatic nitrogens is 1. The van der Waals surface area contributed by atoms with Gasteiger partial charge in [0, 0.05) is 13.0 Å². The van der Waals surface area contributed by atoms with Crippen LogP contribution in [0.3, 0.4) is 0 Å². The molecule has 0 radical (unpaired) electrons. The average Bonchev–Trinajstić information content (AvgIpc) is 2.60. The van der Waals surface area contributed by atoms with Crippen LogP contribution in [0.1, 0.15) is 24.8 Å². The molecule has 0 aliphatic rings. The number of primary amides is 1. The summed E-state index contributed by atoms with van der Waals surface area (Å²) >= 11 is 0. The lowest BCUT2D eigenvalue weighted by Crippen LogP contribution is -2.15. The highest BCUT2D eigenvalue weighted by molar-refractivity contribution is 5.74. The summed E-state index contributed by atoms with van der Waals surface area (Å²) in [5.74, 6) is -0.662. The van der Waals surface area contributed by atoms with Crippen molar-refractivity contribution in [2.75, 3.05) is 0 Å². The molecule has 0 atom stereocenters. The van der Waals surface area contributed by atoms with Crippen LogP contribution >= 0.6 is 0 Å². The Morgan fingerprint density at radius 2 is 2.17 bits per heavy atom. The molecule has 1 aromatic heterocycles. The van der Waals surface area contributed by atoms with Crippen LogP contribution < -0.4 is 11.5 Å². The lowest BCUT2D eigenvalue weighted by molar-refractivity contribution is -0.118. The number of benzene rings is 1. The summed E-state index contributed by atoms with van der Waals surface area (Å²) in [5, 5.41) is 0. The number of hydrogen-bond acceptors (Lipinski definition) is 3. The number of nitrogens with two attached hydrogens (primary N) is 1. The molecule has 1 heterocycles. The molecular formula is C13H16N2O3. The fourth-order valence-electron chi connectivity index (χ4n) is 1.95. The second kappa shape index (κ2) is 5.08. The first kappa shape index (κ1) is 12.4. The van der Waals surface area contributed by atoms with Gasteiger partial charge in [-0.2, -0.15) is 0 Å². The summed E-state index contributed by atoms with van der Waals surface area (Å²) in [7, 11) is 0. The third kappa shape index (κ3) is 2.61. The van der Waals surface area contributed by atoms with Crippen molar-refractivity contribution in [2.45, 2.75) is 32.7 Å². The number of oxazole rings is 1. The molecule has 18 heavy (non-hydrogen) atoms. The fourth-order valence-corrected chi connectivity index (χ4v) is 1.95. The number of aryl methyl sites for hydroxylation is 2. The van der Waals surface area contributed by atoms with Gasteiger partial charge in [-0.25, -0.2) is 4.79 Å². The Morgan fingerprint density at radius 3 is 2.89 bits per heavy atom. The van der Waals surface area contributed by atoms with Gasteiger partial charge in [-0.15, -0.1) is 0 Å². The van der Waals surface area contributed by atoms with Crippen molar-refractivity contribution in [2.24, 2.45) is 5.73 Å². The van der Waals surface area contributed by atoms with E-state index in [2.05, 4.69) is 0 Å². The van der Waals surface area contributed by atoms with Gasteiger partial charge in [0.1, 0.15) is 0 Å². The topological polar surface area (TPSA) is 78.2 Å². The van der Waals surface area contributed by atoms with Gasteiger partial charge in [-0.1, -0.05) is 6.07 Å². The van der Waals surface area contributed by atoms with Gasteiger partial charge >= 0.3 is 5.76 Å². The largest absolute Gasteiger partial charge is 0.419 e.